The van der Waals surface area contributed by atoms with E-state index in [0.717, 1.165) is 12.2 Å². The number of amides is 1. The molecule has 2 N–H and O–H groups in total. The Labute approximate surface area is 109 Å². The van der Waals surface area contributed by atoms with Gasteiger partial charge in [0.05, 0.1) is 12.3 Å². The van der Waals surface area contributed by atoms with Crippen molar-refractivity contribution in [3.8, 4) is 5.75 Å². The van der Waals surface area contributed by atoms with Crippen LogP contribution in [0, 0.1) is 0 Å². The van der Waals surface area contributed by atoms with Gasteiger partial charge in [0.2, 0.25) is 5.91 Å². The summed E-state index contributed by atoms with van der Waals surface area (Å²) in [6.45, 7) is 2.25. The second-order valence-electron chi connectivity index (χ2n) is 3.23. The van der Waals surface area contributed by atoms with Crippen LogP contribution < -0.4 is 10.1 Å². The summed E-state index contributed by atoms with van der Waals surface area (Å²) in [6.07, 6.45) is 1.67. The number of rotatable bonds is 5. The second-order valence-corrected chi connectivity index (χ2v) is 3.67. The molecule has 6 heteroatoms. The van der Waals surface area contributed by atoms with Crippen LogP contribution in [0.5, 0.6) is 5.75 Å². The molecule has 0 aromatic heterocycles. The molecule has 1 aromatic carbocycles. The zero-order chi connectivity index (χ0) is 13.5. The number of halogens is 1. The molecule has 0 spiro atoms. The number of carbonyl (C=O) groups is 2. The molecule has 0 heterocycles. The lowest BCUT2D eigenvalue weighted by molar-refractivity contribution is -0.131. The predicted octanol–water partition coefficient (Wildman–Crippen LogP) is 2.32. The van der Waals surface area contributed by atoms with E-state index in [2.05, 4.69) is 5.32 Å². The highest BCUT2D eigenvalue weighted by atomic mass is 35.5. The molecule has 0 atom stereocenters. The Morgan fingerprint density at radius 3 is 2.78 bits per heavy atom. The first-order chi connectivity index (χ1) is 8.52. The van der Waals surface area contributed by atoms with E-state index in [-0.39, 0.29) is 0 Å². The predicted molar refractivity (Wildman–Crippen MR) is 68.0 cm³/mol. The molecule has 0 fully saturated rings. The zero-order valence-corrected chi connectivity index (χ0v) is 10.4. The summed E-state index contributed by atoms with van der Waals surface area (Å²) < 4.78 is 5.30. The molecule has 1 amide bonds. The lowest BCUT2D eigenvalue weighted by atomic mass is 10.3. The van der Waals surface area contributed by atoms with Crippen LogP contribution in [-0.2, 0) is 9.59 Å². The highest BCUT2D eigenvalue weighted by Gasteiger charge is 2.07. The number of nitrogens with one attached hydrogen (secondary N) is 1. The van der Waals surface area contributed by atoms with Crippen LogP contribution in [0.1, 0.15) is 6.92 Å². The number of benzene rings is 1. The maximum Gasteiger partial charge on any atom is 0.328 e. The maximum atomic E-state index is 11.4. The van der Waals surface area contributed by atoms with Crippen molar-refractivity contribution in [3.05, 3.63) is 35.4 Å². The van der Waals surface area contributed by atoms with E-state index in [1.165, 1.54) is 6.07 Å². The number of carboxylic acid groups (broad SMARTS) is 1. The van der Waals surface area contributed by atoms with Crippen LogP contribution in [0.15, 0.2) is 30.4 Å². The average Bonchev–Trinajstić information content (AvgIpc) is 2.30. The molecule has 0 aliphatic heterocycles. The van der Waals surface area contributed by atoms with Crippen LogP contribution in [0.4, 0.5) is 5.69 Å². The van der Waals surface area contributed by atoms with Gasteiger partial charge in [-0.05, 0) is 25.1 Å². The minimum atomic E-state index is -1.19. The lowest BCUT2D eigenvalue weighted by Crippen LogP contribution is -2.10. The molecule has 0 unspecified atom stereocenters. The van der Waals surface area contributed by atoms with Gasteiger partial charge >= 0.3 is 5.97 Å². The van der Waals surface area contributed by atoms with Gasteiger partial charge in [0.25, 0.3) is 0 Å². The first-order valence-electron chi connectivity index (χ1n) is 5.17. The Hall–Kier alpha value is -2.01. The van der Waals surface area contributed by atoms with Gasteiger partial charge in [0, 0.05) is 17.2 Å². The number of aliphatic carboxylic acids is 1. The van der Waals surface area contributed by atoms with Gasteiger partial charge < -0.3 is 15.2 Å². The molecule has 5 nitrogen and oxygen atoms in total. The summed E-state index contributed by atoms with van der Waals surface area (Å²) in [4.78, 5) is 21.7. The van der Waals surface area contributed by atoms with Gasteiger partial charge in [-0.1, -0.05) is 11.6 Å². The number of anilines is 1. The Balaban J connectivity index is 2.85. The highest BCUT2D eigenvalue weighted by molar-refractivity contribution is 6.31. The topological polar surface area (TPSA) is 75.6 Å². The fourth-order valence-electron chi connectivity index (χ4n) is 1.20. The van der Waals surface area contributed by atoms with Crippen molar-refractivity contribution in [1.29, 1.82) is 0 Å². The van der Waals surface area contributed by atoms with Crippen molar-refractivity contribution in [2.75, 3.05) is 11.9 Å². The minimum absolute atomic E-state index is 0.393. The van der Waals surface area contributed by atoms with Gasteiger partial charge in [-0.2, -0.15) is 0 Å². The molecule has 0 aliphatic carbocycles. The van der Waals surface area contributed by atoms with Crippen molar-refractivity contribution in [1.82, 2.24) is 0 Å². The summed E-state index contributed by atoms with van der Waals surface area (Å²) in [6, 6.07) is 4.79. The van der Waals surface area contributed by atoms with Crippen LogP contribution >= 0.6 is 11.6 Å². The van der Waals surface area contributed by atoms with E-state index < -0.39 is 11.9 Å². The number of hydrogen-bond acceptors (Lipinski definition) is 3. The Morgan fingerprint density at radius 1 is 1.44 bits per heavy atom. The van der Waals surface area contributed by atoms with Crippen LogP contribution in [0.2, 0.25) is 5.02 Å². The monoisotopic (exact) mass is 269 g/mol. The standard InChI is InChI=1S/C12H12ClNO4/c1-2-18-10-4-3-8(13)7-9(10)14-11(15)5-6-12(16)17/h3-7H,2H2,1H3,(H,14,15)(H,16,17)/b6-5+. The first kappa shape index (κ1) is 14.1. The SMILES string of the molecule is CCOc1ccc(Cl)cc1NC(=O)/C=C/C(=O)O. The maximum absolute atomic E-state index is 11.4. The largest absolute Gasteiger partial charge is 0.492 e. The van der Waals surface area contributed by atoms with E-state index in [1.807, 2.05) is 6.92 Å². The van der Waals surface area contributed by atoms with Crippen molar-refractivity contribution < 1.29 is 19.4 Å². The third-order valence-electron chi connectivity index (χ3n) is 1.88. The van der Waals surface area contributed by atoms with Gasteiger partial charge in [-0.25, -0.2) is 4.79 Å². The van der Waals surface area contributed by atoms with E-state index >= 15 is 0 Å². The van der Waals surface area contributed by atoms with Crippen LogP contribution in [0.3, 0.4) is 0 Å². The fourth-order valence-corrected chi connectivity index (χ4v) is 1.37. The van der Waals surface area contributed by atoms with Gasteiger partial charge in [0.15, 0.2) is 0 Å². The molecule has 96 valence electrons. The summed E-state index contributed by atoms with van der Waals surface area (Å²) in [5.41, 5.74) is 0.393. The summed E-state index contributed by atoms with van der Waals surface area (Å²) in [5.74, 6) is -1.29. The minimum Gasteiger partial charge on any atom is -0.492 e. The zero-order valence-electron chi connectivity index (χ0n) is 9.64. The Bertz CT molecular complexity index is 485. The average molecular weight is 270 g/mol. The lowest BCUT2D eigenvalue weighted by Gasteiger charge is -2.10. The molecule has 18 heavy (non-hydrogen) atoms. The number of carboxylic acids is 1. The van der Waals surface area contributed by atoms with E-state index in [9.17, 15) is 9.59 Å². The van der Waals surface area contributed by atoms with Crippen molar-refractivity contribution in [2.24, 2.45) is 0 Å². The van der Waals surface area contributed by atoms with Gasteiger partial charge in [-0.15, -0.1) is 0 Å². The number of carbonyl (C=O) groups excluding carboxylic acids is 1. The van der Waals surface area contributed by atoms with Crippen molar-refractivity contribution in [3.63, 3.8) is 0 Å². The summed E-state index contributed by atoms with van der Waals surface area (Å²) in [5, 5.41) is 11.3. The van der Waals surface area contributed by atoms with Crippen molar-refractivity contribution >= 4 is 29.2 Å². The Kier molecular flexibility index (Phi) is 5.20. The molecular weight excluding hydrogens is 258 g/mol. The van der Waals surface area contributed by atoms with Crippen LogP contribution in [0.25, 0.3) is 0 Å². The van der Waals surface area contributed by atoms with Gasteiger partial charge in [-0.3, -0.25) is 4.79 Å². The summed E-state index contributed by atoms with van der Waals surface area (Å²) >= 11 is 5.81. The molecule has 0 saturated carbocycles. The van der Waals surface area contributed by atoms with E-state index in [4.69, 9.17) is 21.4 Å². The number of hydrogen-bond donors (Lipinski definition) is 2. The van der Waals surface area contributed by atoms with E-state index in [0.29, 0.717) is 23.1 Å². The van der Waals surface area contributed by atoms with E-state index in [1.54, 1.807) is 12.1 Å². The van der Waals surface area contributed by atoms with Gasteiger partial charge in [0.1, 0.15) is 5.75 Å². The first-order valence-corrected chi connectivity index (χ1v) is 5.55. The molecule has 0 aliphatic rings. The third-order valence-corrected chi connectivity index (χ3v) is 2.11. The normalized spacial score (nSPS) is 10.3. The second kappa shape index (κ2) is 6.66. The molecule has 0 saturated heterocycles. The highest BCUT2D eigenvalue weighted by Crippen LogP contribution is 2.27. The fraction of sp³-hybridized carbons (Fsp3) is 0.167. The molecule has 0 bridgehead atoms. The third kappa shape index (κ3) is 4.47. The van der Waals surface area contributed by atoms with Crippen molar-refractivity contribution in [2.45, 2.75) is 6.92 Å². The smallest absolute Gasteiger partial charge is 0.328 e. The molecular formula is C12H12ClNO4. The quantitative estimate of drug-likeness (QED) is 0.805. The molecule has 1 rings (SSSR count). The molecule has 0 radical (unpaired) electrons. The Morgan fingerprint density at radius 2 is 2.17 bits per heavy atom. The molecule has 1 aromatic rings. The number of ether oxygens (including phenoxy) is 1. The van der Waals surface area contributed by atoms with Crippen LogP contribution in [-0.4, -0.2) is 23.6 Å². The summed E-state index contributed by atoms with van der Waals surface area (Å²) in [7, 11) is 0.